The van der Waals surface area contributed by atoms with Crippen LogP contribution in [-0.4, -0.2) is 11.9 Å². The maximum absolute atomic E-state index is 12.0. The second kappa shape index (κ2) is 6.35. The van der Waals surface area contributed by atoms with Crippen molar-refractivity contribution in [2.75, 3.05) is 0 Å². The van der Waals surface area contributed by atoms with E-state index in [0.717, 1.165) is 30.4 Å². The molecule has 1 amide bonds. The van der Waals surface area contributed by atoms with Crippen LogP contribution in [0.4, 0.5) is 0 Å². The number of nitrogens with one attached hydrogen (secondary N) is 1. The molecule has 100 valence electrons. The van der Waals surface area contributed by atoms with E-state index in [9.17, 15) is 4.79 Å². The standard InChI is InChI=1S/C15H19N3O/c16-9-12-5-2-1-4-11(12)8-15(19)18-14-7-3-6-13(14)10-17/h1-2,4-5,13-14H,3,6-9,16H2,(H,18,19). The van der Waals surface area contributed by atoms with E-state index >= 15 is 0 Å². The monoisotopic (exact) mass is 257 g/mol. The van der Waals surface area contributed by atoms with Crippen LogP contribution >= 0.6 is 0 Å². The zero-order valence-corrected chi connectivity index (χ0v) is 10.9. The van der Waals surface area contributed by atoms with Crippen molar-refractivity contribution in [3.05, 3.63) is 35.4 Å². The van der Waals surface area contributed by atoms with Gasteiger partial charge >= 0.3 is 0 Å². The first kappa shape index (κ1) is 13.6. The molecule has 1 fully saturated rings. The highest BCUT2D eigenvalue weighted by atomic mass is 16.1. The van der Waals surface area contributed by atoms with Crippen LogP contribution in [-0.2, 0) is 17.8 Å². The van der Waals surface area contributed by atoms with E-state index in [4.69, 9.17) is 11.0 Å². The Bertz CT molecular complexity index is 492. The van der Waals surface area contributed by atoms with Crippen molar-refractivity contribution in [1.82, 2.24) is 5.32 Å². The first-order chi connectivity index (χ1) is 9.24. The molecular formula is C15H19N3O. The van der Waals surface area contributed by atoms with Crippen LogP contribution in [0.3, 0.4) is 0 Å². The van der Waals surface area contributed by atoms with Gasteiger partial charge in [0.1, 0.15) is 0 Å². The van der Waals surface area contributed by atoms with Crippen LogP contribution in [0.15, 0.2) is 24.3 Å². The first-order valence-electron chi connectivity index (χ1n) is 6.70. The summed E-state index contributed by atoms with van der Waals surface area (Å²) in [7, 11) is 0. The van der Waals surface area contributed by atoms with Gasteiger partial charge in [-0.05, 0) is 30.4 Å². The SMILES string of the molecule is N#CC1CCCC1NC(=O)Cc1ccccc1CN. The number of hydrogen-bond acceptors (Lipinski definition) is 3. The predicted molar refractivity (Wildman–Crippen MR) is 72.9 cm³/mol. The molecule has 4 heteroatoms. The molecule has 2 unspecified atom stereocenters. The third-order valence-electron chi connectivity index (χ3n) is 3.72. The minimum Gasteiger partial charge on any atom is -0.352 e. The highest BCUT2D eigenvalue weighted by Crippen LogP contribution is 2.24. The molecule has 19 heavy (non-hydrogen) atoms. The minimum atomic E-state index is -0.0336. The maximum Gasteiger partial charge on any atom is 0.224 e. The maximum atomic E-state index is 12.0. The summed E-state index contributed by atoms with van der Waals surface area (Å²) in [5.41, 5.74) is 7.63. The van der Waals surface area contributed by atoms with Gasteiger partial charge in [0, 0.05) is 12.6 Å². The number of benzene rings is 1. The average Bonchev–Trinajstić information content (AvgIpc) is 2.86. The van der Waals surface area contributed by atoms with Gasteiger partial charge in [-0.1, -0.05) is 24.3 Å². The molecule has 4 nitrogen and oxygen atoms in total. The van der Waals surface area contributed by atoms with Crippen molar-refractivity contribution < 1.29 is 4.79 Å². The van der Waals surface area contributed by atoms with E-state index in [1.165, 1.54) is 0 Å². The third-order valence-corrected chi connectivity index (χ3v) is 3.72. The van der Waals surface area contributed by atoms with Gasteiger partial charge in [-0.15, -0.1) is 0 Å². The van der Waals surface area contributed by atoms with E-state index in [2.05, 4.69) is 11.4 Å². The second-order valence-electron chi connectivity index (χ2n) is 4.99. The van der Waals surface area contributed by atoms with Gasteiger partial charge in [-0.25, -0.2) is 0 Å². The Hall–Kier alpha value is -1.86. The summed E-state index contributed by atoms with van der Waals surface area (Å²) < 4.78 is 0. The summed E-state index contributed by atoms with van der Waals surface area (Å²) >= 11 is 0. The summed E-state index contributed by atoms with van der Waals surface area (Å²) in [6, 6.07) is 9.99. The van der Waals surface area contributed by atoms with E-state index in [1.807, 2.05) is 24.3 Å². The van der Waals surface area contributed by atoms with Crippen molar-refractivity contribution in [3.8, 4) is 6.07 Å². The van der Waals surface area contributed by atoms with E-state index in [0.29, 0.717) is 13.0 Å². The minimum absolute atomic E-state index is 0.0162. The van der Waals surface area contributed by atoms with Gasteiger partial charge in [0.15, 0.2) is 0 Å². The molecule has 0 heterocycles. The van der Waals surface area contributed by atoms with Gasteiger partial charge < -0.3 is 11.1 Å². The molecule has 0 aliphatic heterocycles. The number of hydrogen-bond donors (Lipinski definition) is 2. The Morgan fingerprint density at radius 2 is 2.11 bits per heavy atom. The quantitative estimate of drug-likeness (QED) is 0.857. The predicted octanol–water partition coefficient (Wildman–Crippen LogP) is 1.50. The number of amides is 1. The number of nitriles is 1. The van der Waals surface area contributed by atoms with Gasteiger partial charge in [0.05, 0.1) is 18.4 Å². The second-order valence-corrected chi connectivity index (χ2v) is 4.99. The van der Waals surface area contributed by atoms with E-state index < -0.39 is 0 Å². The molecule has 0 saturated heterocycles. The smallest absolute Gasteiger partial charge is 0.224 e. The van der Waals surface area contributed by atoms with Crippen molar-refractivity contribution in [3.63, 3.8) is 0 Å². The lowest BCUT2D eigenvalue weighted by molar-refractivity contribution is -0.121. The molecule has 3 N–H and O–H groups in total. The third kappa shape index (κ3) is 3.33. The fourth-order valence-electron chi connectivity index (χ4n) is 2.65. The Morgan fingerprint density at radius 1 is 1.37 bits per heavy atom. The summed E-state index contributed by atoms with van der Waals surface area (Å²) in [5, 5.41) is 12.0. The number of carbonyl (C=O) groups is 1. The Kier molecular flexibility index (Phi) is 4.53. The first-order valence-corrected chi connectivity index (χ1v) is 6.70. The molecular weight excluding hydrogens is 238 g/mol. The molecule has 0 spiro atoms. The summed E-state index contributed by atoms with van der Waals surface area (Å²) in [5.74, 6) is -0.0539. The fourth-order valence-corrected chi connectivity index (χ4v) is 2.65. The van der Waals surface area contributed by atoms with Crippen molar-refractivity contribution >= 4 is 5.91 Å². The molecule has 1 saturated carbocycles. The largest absolute Gasteiger partial charge is 0.352 e. The lowest BCUT2D eigenvalue weighted by Crippen LogP contribution is -2.38. The number of nitrogens with zero attached hydrogens (tertiary/aromatic N) is 1. The molecule has 1 aliphatic carbocycles. The van der Waals surface area contributed by atoms with Gasteiger partial charge in [0.2, 0.25) is 5.91 Å². The molecule has 2 atom stereocenters. The van der Waals surface area contributed by atoms with Crippen LogP contribution in [0, 0.1) is 17.2 Å². The van der Waals surface area contributed by atoms with Gasteiger partial charge in [0.25, 0.3) is 0 Å². The molecule has 0 aromatic heterocycles. The molecule has 1 aromatic carbocycles. The molecule has 0 bridgehead atoms. The highest BCUT2D eigenvalue weighted by molar-refractivity contribution is 5.79. The van der Waals surface area contributed by atoms with Crippen molar-refractivity contribution in [1.29, 1.82) is 5.26 Å². The summed E-state index contributed by atoms with van der Waals surface area (Å²) in [6.07, 6.45) is 3.15. The van der Waals surface area contributed by atoms with Crippen molar-refractivity contribution in [2.45, 2.75) is 38.3 Å². The Morgan fingerprint density at radius 3 is 2.79 bits per heavy atom. The lowest BCUT2D eigenvalue weighted by atomic mass is 10.0. The molecule has 2 rings (SSSR count). The summed E-state index contributed by atoms with van der Waals surface area (Å²) in [6.45, 7) is 0.438. The topological polar surface area (TPSA) is 78.9 Å². The van der Waals surface area contributed by atoms with Gasteiger partial charge in [-0.2, -0.15) is 5.26 Å². The van der Waals surface area contributed by atoms with Crippen LogP contribution in [0.5, 0.6) is 0 Å². The number of carbonyl (C=O) groups excluding carboxylic acids is 1. The van der Waals surface area contributed by atoms with Crippen molar-refractivity contribution in [2.24, 2.45) is 11.7 Å². The van der Waals surface area contributed by atoms with Crippen LogP contribution in [0.2, 0.25) is 0 Å². The average molecular weight is 257 g/mol. The summed E-state index contributed by atoms with van der Waals surface area (Å²) in [4.78, 5) is 12.0. The van der Waals surface area contributed by atoms with E-state index in [-0.39, 0.29) is 17.9 Å². The van der Waals surface area contributed by atoms with E-state index in [1.54, 1.807) is 0 Å². The zero-order valence-electron chi connectivity index (χ0n) is 10.9. The van der Waals surface area contributed by atoms with Gasteiger partial charge in [-0.3, -0.25) is 4.79 Å². The normalized spacial score (nSPS) is 21.9. The molecule has 1 aliphatic rings. The van der Waals surface area contributed by atoms with Crippen LogP contribution < -0.4 is 11.1 Å². The molecule has 0 radical (unpaired) electrons. The lowest BCUT2D eigenvalue weighted by Gasteiger charge is -2.16. The van der Waals surface area contributed by atoms with Crippen LogP contribution in [0.1, 0.15) is 30.4 Å². The number of rotatable bonds is 4. The highest BCUT2D eigenvalue weighted by Gasteiger charge is 2.28. The fraction of sp³-hybridized carbons (Fsp3) is 0.467. The Labute approximate surface area is 113 Å². The van der Waals surface area contributed by atoms with Crippen LogP contribution in [0.25, 0.3) is 0 Å². The number of nitrogens with two attached hydrogens (primary N) is 1. The molecule has 1 aromatic rings. The Balaban J connectivity index is 1.96. The zero-order chi connectivity index (χ0) is 13.7.